The molecule has 20 rings (SSSR count). The quantitative estimate of drug-likeness (QED) is 0.0414. The second-order valence-electron chi connectivity index (χ2n) is 33.0. The van der Waals surface area contributed by atoms with E-state index in [0.717, 1.165) is 115 Å². The summed E-state index contributed by atoms with van der Waals surface area (Å²) in [5.41, 5.74) is 15.3. The van der Waals surface area contributed by atoms with Gasteiger partial charge in [0, 0.05) is 119 Å². The lowest BCUT2D eigenvalue weighted by molar-refractivity contribution is 0.344. The molecule has 0 saturated carbocycles. The Kier molecular flexibility index (Phi) is 27.0. The van der Waals surface area contributed by atoms with Crippen LogP contribution in [0.2, 0.25) is 0 Å². The molecule has 17 heteroatoms. The van der Waals surface area contributed by atoms with Crippen molar-refractivity contribution in [1.82, 2.24) is 19.9 Å². The van der Waals surface area contributed by atoms with Gasteiger partial charge in [0.25, 0.3) is 0 Å². The van der Waals surface area contributed by atoms with Crippen LogP contribution >= 0.6 is 37.6 Å². The molecule has 0 saturated heterocycles. The van der Waals surface area contributed by atoms with Crippen molar-refractivity contribution in [1.29, 1.82) is 0 Å². The first-order chi connectivity index (χ1) is 66.8. The van der Waals surface area contributed by atoms with Crippen LogP contribution in [0.25, 0.3) is 90.9 Å². The number of benzene rings is 15. The smallest absolute Gasteiger partial charge is 0.127 e. The Morgan fingerprint density at radius 2 is 0.385 bits per heavy atom. The van der Waals surface area contributed by atoms with E-state index in [9.17, 15) is 0 Å². The zero-order chi connectivity index (χ0) is 90.9. The Morgan fingerprint density at radius 1 is 0.207 bits per heavy atom. The maximum absolute atomic E-state index is 7.47. The molecular formula is C118H99N8O4P5. The molecule has 0 amide bonds. The number of hydrogen-bond acceptors (Lipinski definition) is 10. The largest absolute Gasteiger partial charge is 0.492 e. The average molecular weight is 1850 g/mol. The number of hydrogen-bond donors (Lipinski definition) is 2. The maximum atomic E-state index is 7.47. The maximum Gasteiger partial charge on any atom is 0.127 e. The van der Waals surface area contributed by atoms with Crippen molar-refractivity contribution < 1.29 is 18.9 Å². The number of rotatable bonds is 31. The van der Waals surface area contributed by atoms with E-state index < -0.39 is 28.2 Å². The SMILES string of the molecule is PN=P(CCOc1ccccc1-c1c2nc(c(-c3ccccc3OCCP(=Nc3ccccc3)(c3ccccc3)c3ccccc3)c3ccc([nH]3)c(-c3ccccc3OCCP(=Nc3ccccc3)(c3ccccc3)c3ccccc3)c3nc(c(-c4ccccc4OCCP(=Nc4ccccc4)(c4ccccc4)c4ccccc4)c4ccc1[nH]4)C=C3)C=C2)(c1ccccc1)c1ccccc1. The molecule has 0 aliphatic carbocycles. The highest BCUT2D eigenvalue weighted by Crippen LogP contribution is 2.55. The molecule has 15 aromatic carbocycles. The molecule has 1 unspecified atom stereocenters. The van der Waals surface area contributed by atoms with E-state index >= 15 is 0 Å². The normalized spacial score (nSPS) is 11.9. The van der Waals surface area contributed by atoms with Crippen LogP contribution in [0.15, 0.2) is 474 Å². The molecule has 0 fully saturated rings. The van der Waals surface area contributed by atoms with Crippen LogP contribution in [-0.2, 0) is 0 Å². The summed E-state index contributed by atoms with van der Waals surface area (Å²) in [5.74, 6) is 2.72. The molecule has 3 aromatic heterocycles. The summed E-state index contributed by atoms with van der Waals surface area (Å²) >= 11 is 0. The summed E-state index contributed by atoms with van der Waals surface area (Å²) in [6, 6.07) is 159. The molecule has 660 valence electrons. The Morgan fingerprint density at radius 3 is 0.593 bits per heavy atom. The highest BCUT2D eigenvalue weighted by atomic mass is 31.2. The minimum absolute atomic E-state index is 0.326. The molecule has 2 aliphatic rings. The first-order valence-corrected chi connectivity index (χ1v) is 53.8. The van der Waals surface area contributed by atoms with Crippen LogP contribution in [0, 0.1) is 0 Å². The Labute approximate surface area is 791 Å². The number of H-pyrrole nitrogens is 2. The number of aromatic amines is 2. The van der Waals surface area contributed by atoms with E-state index in [1.165, 1.54) is 10.6 Å². The van der Waals surface area contributed by atoms with E-state index in [0.29, 0.717) is 96.8 Å². The third-order valence-electron chi connectivity index (χ3n) is 24.9. The van der Waals surface area contributed by atoms with Crippen molar-refractivity contribution in [2.45, 2.75) is 0 Å². The van der Waals surface area contributed by atoms with E-state index in [4.69, 9.17) is 47.7 Å². The molecule has 135 heavy (non-hydrogen) atoms. The van der Waals surface area contributed by atoms with Crippen molar-refractivity contribution in [3.63, 3.8) is 0 Å². The second kappa shape index (κ2) is 41.3. The lowest BCUT2D eigenvalue weighted by Gasteiger charge is -2.26. The van der Waals surface area contributed by atoms with E-state index in [-0.39, 0.29) is 0 Å². The standard InChI is InChI=1S/C118H99N8O4P5/c131-126-135(97-60-30-10-31-61-97,98-62-32-11-33-63-98)87-83-130-114-71-41-37-67-102(114)118-109-78-76-107(121-109)116(100-65-35-39-69-112(100)128-81-85-133(93-52-22-6-23-53-93,94-54-24-7-25-55-94)124-89-44-14-2-15-45-89)105-74-72-103(119-105)115(99-64-34-38-68-111(99)127-80-84-132(91-48-18-4-19-49-91,92-50-20-5-21-51-92)123-88-42-12-1-13-43-88)104-73-75-106(120-104)117(108-77-79-110(118)122-108)101-66-36-40-70-113(101)129-82-86-134(95-56-26-8-27-57-95,96-58-28-9-29-59-96)125-90-46-16-3-17-47-90/h1-79,119,122H,80-87,131H2. The molecule has 5 heterocycles. The minimum atomic E-state index is -2.60. The van der Waals surface area contributed by atoms with Crippen LogP contribution in [0.5, 0.6) is 23.0 Å². The first kappa shape index (κ1) is 88.4. The summed E-state index contributed by atoms with van der Waals surface area (Å²) in [4.78, 5) is 20.2. The number of nitrogens with one attached hydrogen (secondary N) is 2. The van der Waals surface area contributed by atoms with E-state index in [1.54, 1.807) is 0 Å². The highest BCUT2D eigenvalue weighted by molar-refractivity contribution is 7.83. The lowest BCUT2D eigenvalue weighted by Crippen LogP contribution is -2.21. The number of ether oxygens (including phenoxy) is 4. The van der Waals surface area contributed by atoms with Crippen LogP contribution in [0.1, 0.15) is 22.8 Å². The van der Waals surface area contributed by atoms with Crippen molar-refractivity contribution in [2.24, 2.45) is 18.8 Å². The summed E-state index contributed by atoms with van der Waals surface area (Å²) in [7, 11) is -7.42. The number of para-hydroxylation sites is 4. The van der Waals surface area contributed by atoms with Crippen molar-refractivity contribution in [2.75, 3.05) is 51.1 Å². The van der Waals surface area contributed by atoms with Gasteiger partial charge in [-0.25, -0.2) is 9.97 Å². The summed E-state index contributed by atoms with van der Waals surface area (Å²) in [6.07, 6.45) is 11.0. The summed E-state index contributed by atoms with van der Waals surface area (Å²) in [5, 5.41) is 9.30. The van der Waals surface area contributed by atoms with Crippen LogP contribution in [0.3, 0.4) is 0 Å². The molecule has 2 aliphatic heterocycles. The first-order valence-electron chi connectivity index (χ1n) is 45.6. The van der Waals surface area contributed by atoms with Crippen LogP contribution < -0.4 is 61.4 Å². The molecular weight excluding hydrogens is 1750 g/mol. The number of aromatic nitrogens is 4. The van der Waals surface area contributed by atoms with Gasteiger partial charge < -0.3 is 28.9 Å². The molecule has 0 radical (unpaired) electrons. The Hall–Kier alpha value is -14.6. The van der Waals surface area contributed by atoms with Crippen LogP contribution in [0.4, 0.5) is 17.1 Å². The van der Waals surface area contributed by atoms with Gasteiger partial charge in [-0.05, 0) is 161 Å². The molecule has 1 atom stereocenters. The van der Waals surface area contributed by atoms with Gasteiger partial charge in [-0.3, -0.25) is 18.8 Å². The molecule has 2 N–H and O–H groups in total. The zero-order valence-electron chi connectivity index (χ0n) is 74.5. The van der Waals surface area contributed by atoms with Gasteiger partial charge in [0.2, 0.25) is 0 Å². The van der Waals surface area contributed by atoms with E-state index in [1.807, 2.05) is 18.2 Å². The predicted molar refractivity (Wildman–Crippen MR) is 576 cm³/mol. The fraction of sp³-hybridized carbons (Fsp3) is 0.0678. The number of nitrogens with zero attached hydrogens (tertiary/aromatic N) is 6. The van der Waals surface area contributed by atoms with Crippen molar-refractivity contribution >= 4 is 143 Å². The van der Waals surface area contributed by atoms with Gasteiger partial charge in [-0.1, -0.05) is 370 Å². The zero-order valence-corrected chi connectivity index (χ0v) is 79.2. The molecule has 8 bridgehead atoms. The van der Waals surface area contributed by atoms with Crippen LogP contribution in [-0.4, -0.2) is 71.0 Å². The summed E-state index contributed by atoms with van der Waals surface area (Å²) < 4.78 is 52.5. The predicted octanol–water partition coefficient (Wildman–Crippen LogP) is 28.0. The second-order valence-corrected chi connectivity index (χ2v) is 46.6. The Bertz CT molecular complexity index is 7050. The van der Waals surface area contributed by atoms with Gasteiger partial charge in [-0.2, -0.15) is 0 Å². The monoisotopic (exact) mass is 1850 g/mol. The molecule has 18 aromatic rings. The fourth-order valence-corrected chi connectivity index (χ4v) is 32.6. The van der Waals surface area contributed by atoms with Crippen molar-refractivity contribution in [3.8, 4) is 67.5 Å². The van der Waals surface area contributed by atoms with Gasteiger partial charge in [0.15, 0.2) is 0 Å². The van der Waals surface area contributed by atoms with Gasteiger partial charge in [-0.15, -0.1) is 0 Å². The van der Waals surface area contributed by atoms with E-state index in [2.05, 4.69) is 480 Å². The van der Waals surface area contributed by atoms with Gasteiger partial charge in [0.05, 0.1) is 66.3 Å². The summed E-state index contributed by atoms with van der Waals surface area (Å²) in [6.45, 7) is 1.33. The third-order valence-corrected chi connectivity index (χ3v) is 40.7. The number of fused-ring (bicyclic) bond motifs is 8. The van der Waals surface area contributed by atoms with Crippen molar-refractivity contribution in [3.05, 3.63) is 478 Å². The lowest BCUT2D eigenvalue weighted by atomic mass is 10.0. The average Bonchev–Trinajstić information content (AvgIpc) is 1.62. The Balaban J connectivity index is 0.799. The topological polar surface area (TPSA) is 144 Å². The fourth-order valence-electron chi connectivity index (χ4n) is 18.5. The third kappa shape index (κ3) is 18.9. The highest BCUT2D eigenvalue weighted by Gasteiger charge is 2.33. The van der Waals surface area contributed by atoms with Gasteiger partial charge in [0.1, 0.15) is 23.0 Å². The molecule has 0 spiro atoms. The minimum Gasteiger partial charge on any atom is -0.492 e. The molecule has 12 nitrogen and oxygen atoms in total. The van der Waals surface area contributed by atoms with Gasteiger partial charge >= 0.3 is 0 Å².